The van der Waals surface area contributed by atoms with Gasteiger partial charge >= 0.3 is 0 Å². The molecule has 0 aromatic heterocycles. The van der Waals surface area contributed by atoms with Crippen molar-refractivity contribution in [3.8, 4) is 5.75 Å². The van der Waals surface area contributed by atoms with Crippen molar-refractivity contribution in [1.29, 1.82) is 0 Å². The van der Waals surface area contributed by atoms with E-state index >= 15 is 0 Å². The number of benzene rings is 1. The van der Waals surface area contributed by atoms with Gasteiger partial charge in [0, 0.05) is 6.42 Å². The van der Waals surface area contributed by atoms with E-state index in [9.17, 15) is 4.79 Å². The Morgan fingerprint density at radius 3 is 2.09 bits per heavy atom. The fourth-order valence-electron chi connectivity index (χ4n) is 3.33. The molecule has 0 heterocycles. The molecule has 0 unspecified atom stereocenters. The lowest BCUT2D eigenvalue weighted by Crippen LogP contribution is -2.34. The summed E-state index contributed by atoms with van der Waals surface area (Å²) in [5.74, 6) is 0.950. The minimum Gasteiger partial charge on any atom is -0.493 e. The molecule has 0 fully saturated rings. The zero-order valence-corrected chi connectivity index (χ0v) is 15.0. The van der Waals surface area contributed by atoms with E-state index in [1.807, 2.05) is 6.92 Å². The smallest absolute Gasteiger partial charge is 0.166 e. The van der Waals surface area contributed by atoms with Crippen LogP contribution in [-0.2, 0) is 10.8 Å². The standard InChI is InChI=1S/C20H30O2/c1-7-11-22-18-13-16-15(12-14(18)17(21)8-2)19(3,4)9-10-20(16,5)6/h12-13H,7-11H2,1-6H3. The normalized spacial score (nSPS) is 18.6. The molecular formula is C20H30O2. The zero-order valence-electron chi connectivity index (χ0n) is 15.0. The van der Waals surface area contributed by atoms with Crippen LogP contribution in [0.3, 0.4) is 0 Å². The van der Waals surface area contributed by atoms with Gasteiger partial charge < -0.3 is 4.74 Å². The quantitative estimate of drug-likeness (QED) is 0.679. The molecule has 0 aliphatic heterocycles. The zero-order chi connectivity index (χ0) is 16.5. The maximum absolute atomic E-state index is 12.4. The first-order valence-corrected chi connectivity index (χ1v) is 8.58. The number of rotatable bonds is 5. The Hall–Kier alpha value is -1.31. The first kappa shape index (κ1) is 17.1. The van der Waals surface area contributed by atoms with Gasteiger partial charge in [-0.1, -0.05) is 41.5 Å². The second kappa shape index (κ2) is 6.06. The van der Waals surface area contributed by atoms with Crippen LogP contribution in [0.15, 0.2) is 12.1 Å². The van der Waals surface area contributed by atoms with Gasteiger partial charge in [-0.2, -0.15) is 0 Å². The van der Waals surface area contributed by atoms with E-state index in [-0.39, 0.29) is 16.6 Å². The van der Waals surface area contributed by atoms with Gasteiger partial charge in [-0.3, -0.25) is 4.79 Å². The fraction of sp³-hybridized carbons (Fsp3) is 0.650. The Balaban J connectivity index is 2.63. The molecule has 2 nitrogen and oxygen atoms in total. The van der Waals surface area contributed by atoms with Crippen molar-refractivity contribution in [2.24, 2.45) is 0 Å². The largest absolute Gasteiger partial charge is 0.493 e. The molecule has 0 saturated carbocycles. The number of fused-ring (bicyclic) bond motifs is 1. The summed E-state index contributed by atoms with van der Waals surface area (Å²) in [5, 5.41) is 0. The van der Waals surface area contributed by atoms with E-state index in [0.29, 0.717) is 13.0 Å². The van der Waals surface area contributed by atoms with Crippen molar-refractivity contribution in [2.75, 3.05) is 6.61 Å². The van der Waals surface area contributed by atoms with E-state index in [0.717, 1.165) is 24.2 Å². The summed E-state index contributed by atoms with van der Waals surface area (Å²) >= 11 is 0. The molecule has 122 valence electrons. The third kappa shape index (κ3) is 3.06. The van der Waals surface area contributed by atoms with E-state index in [1.165, 1.54) is 17.5 Å². The number of Topliss-reactive ketones (excluding diaryl/α,β-unsaturated/α-hetero) is 1. The van der Waals surface area contributed by atoms with Crippen LogP contribution in [0.5, 0.6) is 5.75 Å². The highest BCUT2D eigenvalue weighted by Gasteiger charge is 2.38. The fourth-order valence-corrected chi connectivity index (χ4v) is 3.33. The van der Waals surface area contributed by atoms with Gasteiger partial charge in [-0.25, -0.2) is 0 Å². The lowest BCUT2D eigenvalue weighted by atomic mass is 9.63. The van der Waals surface area contributed by atoms with Crippen LogP contribution in [0.4, 0.5) is 0 Å². The molecule has 2 rings (SSSR count). The highest BCUT2D eigenvalue weighted by molar-refractivity contribution is 5.99. The van der Waals surface area contributed by atoms with Gasteiger partial charge in [-0.05, 0) is 53.4 Å². The van der Waals surface area contributed by atoms with Crippen molar-refractivity contribution in [2.45, 2.75) is 78.1 Å². The van der Waals surface area contributed by atoms with Crippen LogP contribution in [0, 0.1) is 0 Å². The third-order valence-corrected chi connectivity index (χ3v) is 5.04. The Morgan fingerprint density at radius 1 is 1.05 bits per heavy atom. The van der Waals surface area contributed by atoms with Crippen molar-refractivity contribution < 1.29 is 9.53 Å². The second-order valence-corrected chi connectivity index (χ2v) is 7.79. The van der Waals surface area contributed by atoms with E-state index in [2.05, 4.69) is 46.8 Å². The Kier molecular flexibility index (Phi) is 4.70. The summed E-state index contributed by atoms with van der Waals surface area (Å²) in [5.41, 5.74) is 3.70. The molecular weight excluding hydrogens is 272 g/mol. The highest BCUT2D eigenvalue weighted by Crippen LogP contribution is 2.47. The molecule has 1 aromatic carbocycles. The average Bonchev–Trinajstić information content (AvgIpc) is 2.48. The summed E-state index contributed by atoms with van der Waals surface area (Å²) in [7, 11) is 0. The summed E-state index contributed by atoms with van der Waals surface area (Å²) < 4.78 is 5.92. The molecule has 1 aliphatic rings. The lowest BCUT2D eigenvalue weighted by Gasteiger charge is -2.42. The monoisotopic (exact) mass is 302 g/mol. The molecule has 2 heteroatoms. The molecule has 0 bridgehead atoms. The van der Waals surface area contributed by atoms with Crippen LogP contribution in [0.1, 0.15) is 88.7 Å². The second-order valence-electron chi connectivity index (χ2n) is 7.79. The Labute approximate surface area is 135 Å². The molecule has 1 aromatic rings. The topological polar surface area (TPSA) is 26.3 Å². The van der Waals surface area contributed by atoms with Gasteiger partial charge in [0.05, 0.1) is 12.2 Å². The number of hydrogen-bond donors (Lipinski definition) is 0. The van der Waals surface area contributed by atoms with Gasteiger partial charge in [-0.15, -0.1) is 0 Å². The van der Waals surface area contributed by atoms with Gasteiger partial charge in [0.25, 0.3) is 0 Å². The molecule has 0 amide bonds. The van der Waals surface area contributed by atoms with Crippen LogP contribution < -0.4 is 4.74 Å². The average molecular weight is 302 g/mol. The summed E-state index contributed by atoms with van der Waals surface area (Å²) in [6, 6.07) is 4.27. The van der Waals surface area contributed by atoms with Crippen molar-refractivity contribution in [1.82, 2.24) is 0 Å². The van der Waals surface area contributed by atoms with Crippen LogP contribution in [0.25, 0.3) is 0 Å². The van der Waals surface area contributed by atoms with E-state index in [4.69, 9.17) is 4.74 Å². The SMILES string of the molecule is CCCOc1cc2c(cc1C(=O)CC)C(C)(C)CCC2(C)C. The number of carbonyl (C=O) groups is 1. The minimum absolute atomic E-state index is 0.122. The lowest BCUT2D eigenvalue weighted by molar-refractivity contribution is 0.0983. The summed E-state index contributed by atoms with van der Waals surface area (Å²) in [6.45, 7) is 13.8. The van der Waals surface area contributed by atoms with E-state index in [1.54, 1.807) is 0 Å². The highest BCUT2D eigenvalue weighted by atomic mass is 16.5. The number of ether oxygens (including phenoxy) is 1. The van der Waals surface area contributed by atoms with Gasteiger partial charge in [0.15, 0.2) is 5.78 Å². The predicted octanol–water partition coefficient (Wildman–Crippen LogP) is 5.42. The van der Waals surface area contributed by atoms with Crippen LogP contribution >= 0.6 is 0 Å². The van der Waals surface area contributed by atoms with Gasteiger partial charge in [0.2, 0.25) is 0 Å². The van der Waals surface area contributed by atoms with Crippen LogP contribution in [0.2, 0.25) is 0 Å². The molecule has 1 aliphatic carbocycles. The third-order valence-electron chi connectivity index (χ3n) is 5.04. The Bertz CT molecular complexity index is 567. The predicted molar refractivity (Wildman–Crippen MR) is 92.1 cm³/mol. The molecule has 22 heavy (non-hydrogen) atoms. The van der Waals surface area contributed by atoms with Gasteiger partial charge in [0.1, 0.15) is 5.75 Å². The molecule has 0 atom stereocenters. The number of ketones is 1. The van der Waals surface area contributed by atoms with Crippen molar-refractivity contribution in [3.63, 3.8) is 0 Å². The maximum atomic E-state index is 12.4. The summed E-state index contributed by atoms with van der Waals surface area (Å²) in [6.07, 6.45) is 3.79. The van der Waals surface area contributed by atoms with Crippen LogP contribution in [-0.4, -0.2) is 12.4 Å². The van der Waals surface area contributed by atoms with Crippen molar-refractivity contribution >= 4 is 5.78 Å². The first-order chi connectivity index (χ1) is 10.2. The maximum Gasteiger partial charge on any atom is 0.166 e. The molecule has 0 spiro atoms. The Morgan fingerprint density at radius 2 is 1.59 bits per heavy atom. The number of carbonyl (C=O) groups excluding carboxylic acids is 1. The molecule has 0 radical (unpaired) electrons. The van der Waals surface area contributed by atoms with Crippen molar-refractivity contribution in [3.05, 3.63) is 28.8 Å². The molecule has 0 N–H and O–H groups in total. The van der Waals surface area contributed by atoms with E-state index < -0.39 is 0 Å². The molecule has 0 saturated heterocycles. The minimum atomic E-state index is 0.122. The first-order valence-electron chi connectivity index (χ1n) is 8.58. The summed E-state index contributed by atoms with van der Waals surface area (Å²) in [4.78, 5) is 12.4. The number of hydrogen-bond acceptors (Lipinski definition) is 2.